The van der Waals surface area contributed by atoms with Gasteiger partial charge in [-0.1, -0.05) is 12.1 Å². The molecule has 1 atom stereocenters. The van der Waals surface area contributed by atoms with E-state index in [2.05, 4.69) is 15.6 Å². The first-order valence-electron chi connectivity index (χ1n) is 6.11. The fourth-order valence-corrected chi connectivity index (χ4v) is 2.37. The molecule has 5 heteroatoms. The average molecular weight is 275 g/mol. The Kier molecular flexibility index (Phi) is 4.16. The molecule has 0 saturated carbocycles. The van der Waals surface area contributed by atoms with E-state index in [-0.39, 0.29) is 11.9 Å². The molecule has 0 bridgehead atoms. The van der Waals surface area contributed by atoms with E-state index < -0.39 is 0 Å². The minimum Gasteiger partial charge on any atom is -0.374 e. The first-order valence-corrected chi connectivity index (χ1v) is 6.99. The summed E-state index contributed by atoms with van der Waals surface area (Å²) in [5, 5.41) is 8.53. The van der Waals surface area contributed by atoms with Crippen LogP contribution in [-0.4, -0.2) is 16.9 Å². The molecule has 1 aromatic heterocycles. The molecular weight excluding hydrogens is 258 g/mol. The number of amides is 1. The van der Waals surface area contributed by atoms with Crippen molar-refractivity contribution in [3.63, 3.8) is 0 Å². The number of hydrogen-bond donors (Lipinski definition) is 2. The second-order valence-corrected chi connectivity index (χ2v) is 5.38. The van der Waals surface area contributed by atoms with Crippen LogP contribution in [0, 0.1) is 13.8 Å². The van der Waals surface area contributed by atoms with E-state index in [1.54, 1.807) is 0 Å². The SMILES string of the molecule is Cc1cccc(N[C@H](C)C(=O)Nc2nc(C)cs2)c1. The lowest BCUT2D eigenvalue weighted by Gasteiger charge is -2.14. The number of carbonyl (C=O) groups excluding carboxylic acids is 1. The van der Waals surface area contributed by atoms with E-state index in [0.717, 1.165) is 16.9 Å². The van der Waals surface area contributed by atoms with Gasteiger partial charge in [-0.3, -0.25) is 4.79 Å². The van der Waals surface area contributed by atoms with E-state index in [1.807, 2.05) is 50.4 Å². The highest BCUT2D eigenvalue weighted by atomic mass is 32.1. The number of benzene rings is 1. The Morgan fingerprint density at radius 3 is 2.79 bits per heavy atom. The summed E-state index contributed by atoms with van der Waals surface area (Å²) in [6, 6.07) is 7.63. The van der Waals surface area contributed by atoms with Gasteiger partial charge in [-0.2, -0.15) is 0 Å². The smallest absolute Gasteiger partial charge is 0.248 e. The van der Waals surface area contributed by atoms with E-state index in [9.17, 15) is 4.79 Å². The third-order valence-corrected chi connectivity index (χ3v) is 3.52. The topological polar surface area (TPSA) is 54.0 Å². The van der Waals surface area contributed by atoms with Gasteiger partial charge in [0.15, 0.2) is 5.13 Å². The van der Waals surface area contributed by atoms with E-state index in [0.29, 0.717) is 5.13 Å². The summed E-state index contributed by atoms with van der Waals surface area (Å²) in [6.45, 7) is 5.76. The number of nitrogens with zero attached hydrogens (tertiary/aromatic N) is 1. The van der Waals surface area contributed by atoms with Gasteiger partial charge in [0.2, 0.25) is 5.91 Å². The highest BCUT2D eigenvalue weighted by Gasteiger charge is 2.14. The molecule has 0 spiro atoms. The van der Waals surface area contributed by atoms with Crippen LogP contribution in [0.15, 0.2) is 29.6 Å². The fourth-order valence-electron chi connectivity index (χ4n) is 1.68. The second kappa shape index (κ2) is 5.84. The van der Waals surface area contributed by atoms with Gasteiger partial charge in [0.1, 0.15) is 6.04 Å². The maximum Gasteiger partial charge on any atom is 0.248 e. The number of rotatable bonds is 4. The van der Waals surface area contributed by atoms with Gasteiger partial charge < -0.3 is 10.6 Å². The maximum atomic E-state index is 12.0. The molecule has 2 rings (SSSR count). The van der Waals surface area contributed by atoms with Gasteiger partial charge in [0, 0.05) is 11.1 Å². The zero-order valence-electron chi connectivity index (χ0n) is 11.2. The van der Waals surface area contributed by atoms with Crippen molar-refractivity contribution in [1.82, 2.24) is 4.98 Å². The number of aryl methyl sites for hydroxylation is 2. The molecule has 1 aromatic carbocycles. The first kappa shape index (κ1) is 13.5. The molecule has 0 aliphatic heterocycles. The average Bonchev–Trinajstić information content (AvgIpc) is 2.74. The van der Waals surface area contributed by atoms with Crippen molar-refractivity contribution < 1.29 is 4.79 Å². The van der Waals surface area contributed by atoms with E-state index >= 15 is 0 Å². The zero-order valence-corrected chi connectivity index (χ0v) is 12.0. The standard InChI is InChI=1S/C14H17N3OS/c1-9-5-4-6-12(7-9)16-11(3)13(18)17-14-15-10(2)8-19-14/h4-8,11,16H,1-3H3,(H,15,17,18)/t11-/m1/s1. The van der Waals surface area contributed by atoms with E-state index in [1.165, 1.54) is 11.3 Å². The van der Waals surface area contributed by atoms with Gasteiger partial charge in [0.25, 0.3) is 0 Å². The number of nitrogens with one attached hydrogen (secondary N) is 2. The first-order chi connectivity index (χ1) is 9.04. The van der Waals surface area contributed by atoms with E-state index in [4.69, 9.17) is 0 Å². The molecule has 100 valence electrons. The molecule has 0 fully saturated rings. The number of hydrogen-bond acceptors (Lipinski definition) is 4. The predicted octanol–water partition coefficient (Wildman–Crippen LogP) is 3.20. The number of thiazole rings is 1. The van der Waals surface area contributed by atoms with Crippen LogP contribution in [0.25, 0.3) is 0 Å². The maximum absolute atomic E-state index is 12.0. The molecule has 19 heavy (non-hydrogen) atoms. The summed E-state index contributed by atoms with van der Waals surface area (Å²) in [5.41, 5.74) is 3.02. The Morgan fingerprint density at radius 2 is 2.16 bits per heavy atom. The summed E-state index contributed by atoms with van der Waals surface area (Å²) in [4.78, 5) is 16.2. The van der Waals surface area contributed by atoms with Crippen LogP contribution in [0.3, 0.4) is 0 Å². The van der Waals surface area contributed by atoms with Gasteiger partial charge in [-0.25, -0.2) is 4.98 Å². The Bertz CT molecular complexity index is 580. The highest BCUT2D eigenvalue weighted by Crippen LogP contribution is 2.16. The molecule has 2 N–H and O–H groups in total. The Morgan fingerprint density at radius 1 is 1.37 bits per heavy atom. The normalized spacial score (nSPS) is 11.9. The van der Waals surface area contributed by atoms with Crippen molar-refractivity contribution in [2.45, 2.75) is 26.8 Å². The van der Waals surface area contributed by atoms with Crippen molar-refractivity contribution in [1.29, 1.82) is 0 Å². The lowest BCUT2D eigenvalue weighted by molar-refractivity contribution is -0.116. The summed E-state index contributed by atoms with van der Waals surface area (Å²) >= 11 is 1.43. The fraction of sp³-hybridized carbons (Fsp3) is 0.286. The third-order valence-electron chi connectivity index (χ3n) is 2.64. The minimum atomic E-state index is -0.314. The quantitative estimate of drug-likeness (QED) is 0.901. The number of anilines is 2. The van der Waals surface area contributed by atoms with Gasteiger partial charge in [-0.15, -0.1) is 11.3 Å². The largest absolute Gasteiger partial charge is 0.374 e. The predicted molar refractivity (Wildman–Crippen MR) is 79.7 cm³/mol. The molecule has 0 aliphatic rings. The van der Waals surface area contributed by atoms with Crippen LogP contribution in [0.1, 0.15) is 18.2 Å². The summed E-state index contributed by atoms with van der Waals surface area (Å²) in [5.74, 6) is -0.0872. The van der Waals surface area contributed by atoms with Crippen molar-refractivity contribution in [3.8, 4) is 0 Å². The Labute approximate surface area is 116 Å². The minimum absolute atomic E-state index is 0.0872. The number of aromatic nitrogens is 1. The van der Waals surface area contributed by atoms with Gasteiger partial charge in [0.05, 0.1) is 5.69 Å². The van der Waals surface area contributed by atoms with Crippen LogP contribution in [0.4, 0.5) is 10.8 Å². The van der Waals surface area contributed by atoms with Gasteiger partial charge >= 0.3 is 0 Å². The summed E-state index contributed by atoms with van der Waals surface area (Å²) in [6.07, 6.45) is 0. The molecular formula is C14H17N3OS. The Hall–Kier alpha value is -1.88. The number of carbonyl (C=O) groups is 1. The van der Waals surface area contributed by atoms with Crippen molar-refractivity contribution in [3.05, 3.63) is 40.9 Å². The monoisotopic (exact) mass is 275 g/mol. The third kappa shape index (κ3) is 3.79. The molecule has 0 aliphatic carbocycles. The van der Waals surface area contributed by atoms with Crippen LogP contribution >= 0.6 is 11.3 Å². The van der Waals surface area contributed by atoms with Crippen LogP contribution in [-0.2, 0) is 4.79 Å². The van der Waals surface area contributed by atoms with Gasteiger partial charge in [-0.05, 0) is 38.5 Å². The van der Waals surface area contributed by atoms with Crippen molar-refractivity contribution >= 4 is 28.1 Å². The van der Waals surface area contributed by atoms with Crippen molar-refractivity contribution in [2.24, 2.45) is 0 Å². The molecule has 1 heterocycles. The molecule has 0 saturated heterocycles. The lowest BCUT2D eigenvalue weighted by Crippen LogP contribution is -2.31. The second-order valence-electron chi connectivity index (χ2n) is 4.52. The Balaban J connectivity index is 1.96. The van der Waals surface area contributed by atoms with Crippen LogP contribution in [0.5, 0.6) is 0 Å². The van der Waals surface area contributed by atoms with Crippen molar-refractivity contribution in [2.75, 3.05) is 10.6 Å². The zero-order chi connectivity index (χ0) is 13.8. The summed E-state index contributed by atoms with van der Waals surface area (Å²) in [7, 11) is 0. The molecule has 0 radical (unpaired) electrons. The molecule has 4 nitrogen and oxygen atoms in total. The lowest BCUT2D eigenvalue weighted by atomic mass is 10.2. The van der Waals surface area contributed by atoms with Crippen LogP contribution < -0.4 is 10.6 Å². The molecule has 2 aromatic rings. The molecule has 1 amide bonds. The van der Waals surface area contributed by atoms with Crippen LogP contribution in [0.2, 0.25) is 0 Å². The molecule has 0 unspecified atom stereocenters. The highest BCUT2D eigenvalue weighted by molar-refractivity contribution is 7.13. The summed E-state index contributed by atoms with van der Waals surface area (Å²) < 4.78 is 0.